The minimum atomic E-state index is -0.262. The Morgan fingerprint density at radius 2 is 1.88 bits per heavy atom. The summed E-state index contributed by atoms with van der Waals surface area (Å²) in [5.74, 6) is -0.262. The Morgan fingerprint density at radius 1 is 1.06 bits per heavy atom. The van der Waals surface area contributed by atoms with Crippen LogP contribution in [0, 0.1) is 0 Å². The lowest BCUT2D eigenvalue weighted by Gasteiger charge is -2.04. The van der Waals surface area contributed by atoms with Crippen molar-refractivity contribution in [1.82, 2.24) is 10.2 Å². The number of aromatic nitrogens is 2. The Bertz CT molecular complexity index is 471. The maximum atomic E-state index is 11.5. The van der Waals surface area contributed by atoms with Gasteiger partial charge < -0.3 is 4.74 Å². The third kappa shape index (κ3) is 3.68. The molecule has 4 heteroatoms. The van der Waals surface area contributed by atoms with Gasteiger partial charge in [0.15, 0.2) is 0 Å². The molecular formula is C13H12N2O2. The van der Waals surface area contributed by atoms with E-state index in [1.54, 1.807) is 18.5 Å². The molecule has 0 radical (unpaired) electrons. The third-order valence-corrected chi connectivity index (χ3v) is 2.24. The van der Waals surface area contributed by atoms with Gasteiger partial charge in [0.05, 0.1) is 12.6 Å². The molecule has 2 rings (SSSR count). The van der Waals surface area contributed by atoms with Crippen LogP contribution in [0.2, 0.25) is 0 Å². The molecule has 1 aromatic carbocycles. The van der Waals surface area contributed by atoms with Crippen molar-refractivity contribution in [1.29, 1.82) is 0 Å². The number of carbonyl (C=O) groups is 1. The minimum Gasteiger partial charge on any atom is -0.461 e. The first-order valence-electron chi connectivity index (χ1n) is 5.30. The molecule has 0 bridgehead atoms. The highest BCUT2D eigenvalue weighted by Gasteiger charge is 2.05. The number of hydrogen-bond acceptors (Lipinski definition) is 4. The van der Waals surface area contributed by atoms with Crippen molar-refractivity contribution in [2.45, 2.75) is 13.0 Å². The van der Waals surface area contributed by atoms with Gasteiger partial charge in [-0.05, 0) is 17.2 Å². The summed E-state index contributed by atoms with van der Waals surface area (Å²) < 4.78 is 5.14. The van der Waals surface area contributed by atoms with Crippen molar-refractivity contribution in [2.24, 2.45) is 0 Å². The van der Waals surface area contributed by atoms with Crippen molar-refractivity contribution < 1.29 is 9.53 Å². The maximum absolute atomic E-state index is 11.5. The SMILES string of the molecule is O=C(Cc1ccnnc1)OCc1ccccc1. The average molecular weight is 228 g/mol. The predicted octanol–water partition coefficient (Wildman–Crippen LogP) is 1.76. The van der Waals surface area contributed by atoms with Gasteiger partial charge in [-0.1, -0.05) is 30.3 Å². The monoisotopic (exact) mass is 228 g/mol. The minimum absolute atomic E-state index is 0.225. The van der Waals surface area contributed by atoms with E-state index in [-0.39, 0.29) is 12.4 Å². The molecule has 0 atom stereocenters. The van der Waals surface area contributed by atoms with E-state index in [1.165, 1.54) is 0 Å². The first-order chi connectivity index (χ1) is 8.34. The second-order valence-electron chi connectivity index (χ2n) is 3.57. The van der Waals surface area contributed by atoms with Gasteiger partial charge in [0, 0.05) is 6.20 Å². The van der Waals surface area contributed by atoms with Crippen LogP contribution in [0.5, 0.6) is 0 Å². The van der Waals surface area contributed by atoms with Gasteiger partial charge in [-0.2, -0.15) is 10.2 Å². The molecule has 0 saturated heterocycles. The van der Waals surface area contributed by atoms with E-state index in [4.69, 9.17) is 4.74 Å². The first kappa shape index (κ1) is 11.3. The summed E-state index contributed by atoms with van der Waals surface area (Å²) in [5, 5.41) is 7.34. The Morgan fingerprint density at radius 3 is 2.59 bits per heavy atom. The molecule has 0 fully saturated rings. The van der Waals surface area contributed by atoms with E-state index in [1.807, 2.05) is 30.3 Å². The number of nitrogens with zero attached hydrogens (tertiary/aromatic N) is 2. The summed E-state index contributed by atoms with van der Waals surface area (Å²) in [6.45, 7) is 0.304. The van der Waals surface area contributed by atoms with Crippen molar-refractivity contribution in [3.8, 4) is 0 Å². The molecule has 0 aliphatic rings. The Balaban J connectivity index is 1.83. The van der Waals surface area contributed by atoms with Gasteiger partial charge in [-0.15, -0.1) is 0 Å². The molecule has 1 aromatic heterocycles. The number of rotatable bonds is 4. The molecule has 4 nitrogen and oxygen atoms in total. The molecule has 86 valence electrons. The molecule has 0 unspecified atom stereocenters. The van der Waals surface area contributed by atoms with Crippen molar-refractivity contribution >= 4 is 5.97 Å². The molecule has 17 heavy (non-hydrogen) atoms. The van der Waals surface area contributed by atoms with Gasteiger partial charge in [0.2, 0.25) is 0 Å². The van der Waals surface area contributed by atoms with Crippen molar-refractivity contribution in [2.75, 3.05) is 0 Å². The topological polar surface area (TPSA) is 52.1 Å². The maximum Gasteiger partial charge on any atom is 0.310 e. The van der Waals surface area contributed by atoms with E-state index in [0.717, 1.165) is 11.1 Å². The zero-order valence-corrected chi connectivity index (χ0v) is 9.24. The lowest BCUT2D eigenvalue weighted by Crippen LogP contribution is -2.08. The van der Waals surface area contributed by atoms with E-state index in [9.17, 15) is 4.79 Å². The quantitative estimate of drug-likeness (QED) is 0.748. The van der Waals surface area contributed by atoms with Crippen LogP contribution < -0.4 is 0 Å². The van der Waals surface area contributed by atoms with Gasteiger partial charge in [0.1, 0.15) is 6.61 Å². The Hall–Kier alpha value is -2.23. The lowest BCUT2D eigenvalue weighted by molar-refractivity contribution is -0.144. The predicted molar refractivity (Wildman–Crippen MR) is 62.0 cm³/mol. The summed E-state index contributed by atoms with van der Waals surface area (Å²) >= 11 is 0. The van der Waals surface area contributed by atoms with Crippen LogP contribution in [0.3, 0.4) is 0 Å². The molecule has 0 saturated carbocycles. The van der Waals surface area contributed by atoms with Crippen LogP contribution in [0.15, 0.2) is 48.8 Å². The van der Waals surface area contributed by atoms with Gasteiger partial charge >= 0.3 is 5.97 Å². The van der Waals surface area contributed by atoms with E-state index in [0.29, 0.717) is 6.61 Å². The molecule has 0 aliphatic carbocycles. The van der Waals surface area contributed by atoms with Crippen LogP contribution in [-0.4, -0.2) is 16.2 Å². The largest absolute Gasteiger partial charge is 0.461 e. The lowest BCUT2D eigenvalue weighted by atomic mass is 10.2. The fourth-order valence-electron chi connectivity index (χ4n) is 1.38. The second kappa shape index (κ2) is 5.75. The van der Waals surface area contributed by atoms with Crippen LogP contribution >= 0.6 is 0 Å². The number of ether oxygens (including phenoxy) is 1. The summed E-state index contributed by atoms with van der Waals surface area (Å²) in [6, 6.07) is 11.3. The van der Waals surface area contributed by atoms with Crippen LogP contribution in [0.1, 0.15) is 11.1 Å². The number of benzene rings is 1. The normalized spacial score (nSPS) is 9.88. The molecule has 2 aromatic rings. The fourth-order valence-corrected chi connectivity index (χ4v) is 1.38. The van der Waals surface area contributed by atoms with Crippen LogP contribution in [-0.2, 0) is 22.6 Å². The van der Waals surface area contributed by atoms with Gasteiger partial charge in [-0.3, -0.25) is 4.79 Å². The molecule has 0 N–H and O–H groups in total. The summed E-state index contributed by atoms with van der Waals surface area (Å²) in [6.07, 6.45) is 3.34. The van der Waals surface area contributed by atoms with Crippen molar-refractivity contribution in [3.05, 3.63) is 59.9 Å². The van der Waals surface area contributed by atoms with E-state index < -0.39 is 0 Å². The zero-order chi connectivity index (χ0) is 11.9. The number of carbonyl (C=O) groups excluding carboxylic acids is 1. The number of esters is 1. The second-order valence-corrected chi connectivity index (χ2v) is 3.57. The molecule has 1 heterocycles. The highest BCUT2D eigenvalue weighted by Crippen LogP contribution is 2.03. The van der Waals surface area contributed by atoms with Crippen LogP contribution in [0.4, 0.5) is 0 Å². The molecule has 0 amide bonds. The standard InChI is InChI=1S/C13H12N2O2/c16-13(8-12-6-7-14-15-9-12)17-10-11-4-2-1-3-5-11/h1-7,9H,8,10H2. The van der Waals surface area contributed by atoms with Gasteiger partial charge in [0.25, 0.3) is 0 Å². The van der Waals surface area contributed by atoms with E-state index in [2.05, 4.69) is 10.2 Å². The molecule has 0 spiro atoms. The molecule has 0 aliphatic heterocycles. The van der Waals surface area contributed by atoms with Crippen LogP contribution in [0.25, 0.3) is 0 Å². The Labute approximate surface area is 99.3 Å². The number of hydrogen-bond donors (Lipinski definition) is 0. The third-order valence-electron chi connectivity index (χ3n) is 2.24. The average Bonchev–Trinajstić information content (AvgIpc) is 2.39. The Kier molecular flexibility index (Phi) is 3.81. The highest BCUT2D eigenvalue weighted by molar-refractivity contribution is 5.72. The fraction of sp³-hybridized carbons (Fsp3) is 0.154. The molecular weight excluding hydrogens is 216 g/mol. The summed E-state index contributed by atoms with van der Waals surface area (Å²) in [7, 11) is 0. The first-order valence-corrected chi connectivity index (χ1v) is 5.30. The summed E-state index contributed by atoms with van der Waals surface area (Å²) in [4.78, 5) is 11.5. The highest BCUT2D eigenvalue weighted by atomic mass is 16.5. The van der Waals surface area contributed by atoms with Gasteiger partial charge in [-0.25, -0.2) is 0 Å². The van der Waals surface area contributed by atoms with E-state index >= 15 is 0 Å². The zero-order valence-electron chi connectivity index (χ0n) is 9.24. The van der Waals surface area contributed by atoms with Crippen molar-refractivity contribution in [3.63, 3.8) is 0 Å². The summed E-state index contributed by atoms with van der Waals surface area (Å²) in [5.41, 5.74) is 1.78. The smallest absolute Gasteiger partial charge is 0.310 e.